The van der Waals surface area contributed by atoms with E-state index in [1.165, 1.54) is 6.26 Å². The predicted octanol–water partition coefficient (Wildman–Crippen LogP) is 0.880. The minimum absolute atomic E-state index is 0.222. The Morgan fingerprint density at radius 3 is 3.06 bits per heavy atom. The second kappa shape index (κ2) is 5.33. The Bertz CT molecular complexity index is 382. The van der Waals surface area contributed by atoms with E-state index in [4.69, 9.17) is 14.3 Å². The first kappa shape index (κ1) is 12.1. The third-order valence-electron chi connectivity index (χ3n) is 2.90. The molecule has 1 aromatic heterocycles. The molecule has 94 valence electrons. The molecule has 0 aliphatic carbocycles. The van der Waals surface area contributed by atoms with Crippen LogP contribution in [-0.2, 0) is 11.3 Å². The van der Waals surface area contributed by atoms with Crippen LogP contribution in [0, 0.1) is 5.92 Å². The van der Waals surface area contributed by atoms with E-state index in [-0.39, 0.29) is 12.6 Å². The van der Waals surface area contributed by atoms with Crippen LogP contribution in [-0.4, -0.2) is 42.3 Å². The van der Waals surface area contributed by atoms with Crippen molar-refractivity contribution in [1.82, 2.24) is 4.90 Å². The molecule has 5 heteroatoms. The summed E-state index contributed by atoms with van der Waals surface area (Å²) in [6.07, 6.45) is 1.50. The van der Waals surface area contributed by atoms with Crippen molar-refractivity contribution < 1.29 is 19.1 Å². The third kappa shape index (κ3) is 2.68. The van der Waals surface area contributed by atoms with Crippen molar-refractivity contribution in [3.63, 3.8) is 0 Å². The molecule has 1 saturated heterocycles. The number of esters is 1. The number of carbonyl (C=O) groups excluding carboxylic acids is 1. The van der Waals surface area contributed by atoms with E-state index in [1.54, 1.807) is 13.0 Å². The molecule has 0 unspecified atom stereocenters. The Balaban J connectivity index is 1.93. The Morgan fingerprint density at radius 2 is 2.41 bits per heavy atom. The molecular formula is C12H17NO4. The molecule has 0 spiro atoms. The molecule has 0 atom stereocenters. The SMILES string of the molecule is CCOC(=O)c1ccoc1CN1CC(CO)C1. The number of rotatable bonds is 5. The van der Waals surface area contributed by atoms with Gasteiger partial charge in [0.15, 0.2) is 0 Å². The fourth-order valence-corrected chi connectivity index (χ4v) is 1.98. The number of aliphatic hydroxyl groups is 1. The maximum absolute atomic E-state index is 11.6. The van der Waals surface area contributed by atoms with Gasteiger partial charge in [0.25, 0.3) is 0 Å². The number of hydrogen-bond donors (Lipinski definition) is 1. The number of ether oxygens (including phenoxy) is 1. The maximum atomic E-state index is 11.6. The van der Waals surface area contributed by atoms with E-state index in [0.29, 0.717) is 30.4 Å². The van der Waals surface area contributed by atoms with Crippen molar-refractivity contribution in [2.24, 2.45) is 5.92 Å². The van der Waals surface area contributed by atoms with Gasteiger partial charge in [-0.15, -0.1) is 0 Å². The van der Waals surface area contributed by atoms with Gasteiger partial charge in [-0.25, -0.2) is 4.79 Å². The van der Waals surface area contributed by atoms with Crippen molar-refractivity contribution in [1.29, 1.82) is 0 Å². The second-order valence-corrected chi connectivity index (χ2v) is 4.22. The largest absolute Gasteiger partial charge is 0.467 e. The van der Waals surface area contributed by atoms with Crippen LogP contribution >= 0.6 is 0 Å². The molecule has 5 nitrogen and oxygen atoms in total. The van der Waals surface area contributed by atoms with E-state index in [0.717, 1.165) is 13.1 Å². The fourth-order valence-electron chi connectivity index (χ4n) is 1.98. The van der Waals surface area contributed by atoms with Crippen LogP contribution in [0.1, 0.15) is 23.0 Å². The highest BCUT2D eigenvalue weighted by Crippen LogP contribution is 2.21. The smallest absolute Gasteiger partial charge is 0.341 e. The van der Waals surface area contributed by atoms with E-state index >= 15 is 0 Å². The standard InChI is InChI=1S/C12H17NO4/c1-2-16-12(15)10-3-4-17-11(10)7-13-5-9(6-13)8-14/h3-4,9,14H,2,5-8H2,1H3. The molecule has 2 rings (SSSR count). The lowest BCUT2D eigenvalue weighted by atomic mass is 10.0. The molecule has 1 aliphatic rings. The highest BCUT2D eigenvalue weighted by atomic mass is 16.5. The van der Waals surface area contributed by atoms with Gasteiger partial charge in [-0.3, -0.25) is 4.90 Å². The lowest BCUT2D eigenvalue weighted by molar-refractivity contribution is 0.0405. The molecule has 1 aliphatic heterocycles. The van der Waals surface area contributed by atoms with Crippen molar-refractivity contribution >= 4 is 5.97 Å². The monoisotopic (exact) mass is 239 g/mol. The quantitative estimate of drug-likeness (QED) is 0.773. The Morgan fingerprint density at radius 1 is 1.65 bits per heavy atom. The van der Waals surface area contributed by atoms with Gasteiger partial charge >= 0.3 is 5.97 Å². The lowest BCUT2D eigenvalue weighted by Crippen LogP contribution is -2.47. The summed E-state index contributed by atoms with van der Waals surface area (Å²) >= 11 is 0. The number of likely N-dealkylation sites (tertiary alicyclic amines) is 1. The summed E-state index contributed by atoms with van der Waals surface area (Å²) in [5, 5.41) is 8.92. The van der Waals surface area contributed by atoms with Crippen molar-refractivity contribution in [2.75, 3.05) is 26.3 Å². The van der Waals surface area contributed by atoms with Crippen LogP contribution in [0.2, 0.25) is 0 Å². The van der Waals surface area contributed by atoms with Crippen LogP contribution in [0.3, 0.4) is 0 Å². The van der Waals surface area contributed by atoms with E-state index < -0.39 is 0 Å². The van der Waals surface area contributed by atoms with Gasteiger partial charge in [-0.2, -0.15) is 0 Å². The summed E-state index contributed by atoms with van der Waals surface area (Å²) in [6.45, 7) is 4.65. The molecule has 0 aromatic carbocycles. The minimum atomic E-state index is -0.338. The zero-order valence-corrected chi connectivity index (χ0v) is 9.89. The first-order chi connectivity index (χ1) is 8.24. The van der Waals surface area contributed by atoms with Gasteiger partial charge in [-0.1, -0.05) is 0 Å². The van der Waals surface area contributed by atoms with E-state index in [1.807, 2.05) is 0 Å². The van der Waals surface area contributed by atoms with Crippen molar-refractivity contribution in [3.05, 3.63) is 23.7 Å². The molecular weight excluding hydrogens is 222 g/mol. The van der Waals surface area contributed by atoms with Crippen molar-refractivity contribution in [3.8, 4) is 0 Å². The average Bonchev–Trinajstić information content (AvgIpc) is 2.71. The molecule has 2 heterocycles. The summed E-state index contributed by atoms with van der Waals surface area (Å²) in [6, 6.07) is 1.64. The van der Waals surface area contributed by atoms with Crippen molar-refractivity contribution in [2.45, 2.75) is 13.5 Å². The zero-order valence-electron chi connectivity index (χ0n) is 9.89. The highest BCUT2D eigenvalue weighted by molar-refractivity contribution is 5.90. The molecule has 0 amide bonds. The molecule has 0 radical (unpaired) electrons. The van der Waals surface area contributed by atoms with Crippen LogP contribution in [0.5, 0.6) is 0 Å². The maximum Gasteiger partial charge on any atom is 0.341 e. The van der Waals surface area contributed by atoms with Crippen LogP contribution < -0.4 is 0 Å². The summed E-state index contributed by atoms with van der Waals surface area (Å²) < 4.78 is 10.2. The van der Waals surface area contributed by atoms with Gasteiger partial charge in [0.1, 0.15) is 11.3 Å². The molecule has 1 fully saturated rings. The normalized spacial score (nSPS) is 16.8. The number of furan rings is 1. The minimum Gasteiger partial charge on any atom is -0.467 e. The molecule has 0 bridgehead atoms. The van der Waals surface area contributed by atoms with Gasteiger partial charge < -0.3 is 14.3 Å². The van der Waals surface area contributed by atoms with Crippen LogP contribution in [0.4, 0.5) is 0 Å². The van der Waals surface area contributed by atoms with E-state index in [2.05, 4.69) is 4.90 Å². The Labute approximate surface area is 100.0 Å². The topological polar surface area (TPSA) is 62.9 Å². The summed E-state index contributed by atoms with van der Waals surface area (Å²) in [7, 11) is 0. The second-order valence-electron chi connectivity index (χ2n) is 4.22. The number of hydrogen-bond acceptors (Lipinski definition) is 5. The number of carbonyl (C=O) groups is 1. The van der Waals surface area contributed by atoms with E-state index in [9.17, 15) is 4.79 Å². The first-order valence-corrected chi connectivity index (χ1v) is 5.81. The number of nitrogens with zero attached hydrogens (tertiary/aromatic N) is 1. The van der Waals surface area contributed by atoms with Gasteiger partial charge in [-0.05, 0) is 13.0 Å². The average molecular weight is 239 g/mol. The molecule has 1 aromatic rings. The Hall–Kier alpha value is -1.33. The van der Waals surface area contributed by atoms with Gasteiger partial charge in [0, 0.05) is 25.6 Å². The molecule has 1 N–H and O–H groups in total. The van der Waals surface area contributed by atoms with Gasteiger partial charge in [0.05, 0.1) is 19.4 Å². The van der Waals surface area contributed by atoms with Crippen LogP contribution in [0.15, 0.2) is 16.7 Å². The summed E-state index contributed by atoms with van der Waals surface area (Å²) in [5.41, 5.74) is 0.499. The summed E-state index contributed by atoms with van der Waals surface area (Å²) in [5.74, 6) is 0.659. The molecule has 0 saturated carbocycles. The lowest BCUT2D eigenvalue weighted by Gasteiger charge is -2.37. The fraction of sp³-hybridized carbons (Fsp3) is 0.583. The summed E-state index contributed by atoms with van der Waals surface area (Å²) in [4.78, 5) is 13.7. The number of aliphatic hydroxyl groups excluding tert-OH is 1. The Kier molecular flexibility index (Phi) is 3.81. The van der Waals surface area contributed by atoms with Crippen LogP contribution in [0.25, 0.3) is 0 Å². The van der Waals surface area contributed by atoms with Gasteiger partial charge in [0.2, 0.25) is 0 Å². The molecule has 17 heavy (non-hydrogen) atoms. The third-order valence-corrected chi connectivity index (χ3v) is 2.90. The first-order valence-electron chi connectivity index (χ1n) is 5.81. The predicted molar refractivity (Wildman–Crippen MR) is 60.5 cm³/mol. The zero-order chi connectivity index (χ0) is 12.3. The highest BCUT2D eigenvalue weighted by Gasteiger charge is 2.28.